The van der Waals surface area contributed by atoms with Crippen LogP contribution in [0.5, 0.6) is 0 Å². The molecule has 4 aliphatic rings. The van der Waals surface area contributed by atoms with Crippen LogP contribution in [0.4, 0.5) is 0 Å². The summed E-state index contributed by atoms with van der Waals surface area (Å²) < 4.78 is 29.6. The smallest absolute Gasteiger partial charge is 0.414 e. The minimum Gasteiger partial charge on any atom is -0.414 e. The molecular weight excluding hydrogens is 472 g/mol. The van der Waals surface area contributed by atoms with E-state index in [4.69, 9.17) is 28.4 Å². The topological polar surface area (TPSA) is 239 Å². The highest BCUT2D eigenvalue weighted by Gasteiger charge is 2.84. The highest BCUT2D eigenvalue weighted by molar-refractivity contribution is 5.94. The van der Waals surface area contributed by atoms with E-state index in [1.54, 1.807) is 0 Å². The average molecular weight is 490 g/mol. The van der Waals surface area contributed by atoms with E-state index in [0.29, 0.717) is 0 Å². The monoisotopic (exact) mass is 490 g/mol. The summed E-state index contributed by atoms with van der Waals surface area (Å²) in [5.41, 5.74) is -5.71. The fraction of sp³-hybridized carbons (Fsp3) is 0.667. The molecule has 4 saturated heterocycles. The molecule has 186 valence electrons. The van der Waals surface area contributed by atoms with E-state index in [1.165, 1.54) is 0 Å². The van der Waals surface area contributed by atoms with E-state index in [0.717, 1.165) is 6.92 Å². The zero-order chi connectivity index (χ0) is 25.3. The van der Waals surface area contributed by atoms with Crippen LogP contribution in [0.3, 0.4) is 0 Å². The van der Waals surface area contributed by atoms with Gasteiger partial charge in [-0.2, -0.15) is 0 Å². The highest BCUT2D eigenvalue weighted by atomic mass is 16.9. The standard InChI is InChI=1S/C18H18O16/c1-7(19)2-16-17(30-9(21)4-14(26,12(24)33-16)3-8(20)29-16)18(28)32-11(23)6-15(27,13(25)34-18)5-10(22)31-17/h7,19,26-28H,2-6H2,1H3. The molecule has 6 unspecified atom stereocenters. The first kappa shape index (κ1) is 23.8. The molecule has 0 aromatic carbocycles. The number of fused-ring (bicyclic) bond motifs is 8. The molecule has 4 N–H and O–H groups in total. The van der Waals surface area contributed by atoms with Crippen LogP contribution < -0.4 is 0 Å². The fourth-order valence-corrected chi connectivity index (χ4v) is 4.10. The van der Waals surface area contributed by atoms with Gasteiger partial charge in [-0.1, -0.05) is 0 Å². The maximum atomic E-state index is 12.8. The van der Waals surface area contributed by atoms with Crippen molar-refractivity contribution < 1.29 is 77.6 Å². The highest BCUT2D eigenvalue weighted by Crippen LogP contribution is 2.52. The first-order valence-electron chi connectivity index (χ1n) is 9.77. The predicted octanol–water partition coefficient (Wildman–Crippen LogP) is -3.87. The van der Waals surface area contributed by atoms with Crippen molar-refractivity contribution in [2.24, 2.45) is 0 Å². The molecule has 0 aliphatic carbocycles. The summed E-state index contributed by atoms with van der Waals surface area (Å²) in [5.74, 6) is -21.1. The number of rotatable bonds is 2. The first-order valence-corrected chi connectivity index (χ1v) is 9.77. The number of carbonyl (C=O) groups excluding carboxylic acids is 6. The minimum absolute atomic E-state index is 1.04. The lowest BCUT2D eigenvalue weighted by Gasteiger charge is -2.50. The van der Waals surface area contributed by atoms with E-state index < -0.39 is 103 Å². The van der Waals surface area contributed by atoms with Crippen molar-refractivity contribution in [1.29, 1.82) is 0 Å². The number of hydrogen-bond donors (Lipinski definition) is 4. The second kappa shape index (κ2) is 7.08. The molecule has 4 rings (SSSR count). The SMILES string of the molecule is CC(O)CC12OC(=O)CC(O)(CC(=O)OC13OC(=O)CC1(O)CC(=O)OC3(O)OC1=O)C(=O)O2. The number of carbonyl (C=O) groups is 6. The Hall–Kier alpha value is -3.34. The van der Waals surface area contributed by atoms with Crippen molar-refractivity contribution in [3.05, 3.63) is 0 Å². The van der Waals surface area contributed by atoms with Crippen LogP contribution >= 0.6 is 0 Å². The molecule has 4 aliphatic heterocycles. The van der Waals surface area contributed by atoms with Crippen molar-refractivity contribution in [1.82, 2.24) is 0 Å². The van der Waals surface area contributed by atoms with Gasteiger partial charge in [0.25, 0.3) is 0 Å². The van der Waals surface area contributed by atoms with Crippen LogP contribution in [0.15, 0.2) is 0 Å². The van der Waals surface area contributed by atoms with Crippen molar-refractivity contribution in [2.45, 2.75) is 73.9 Å². The Morgan fingerprint density at radius 1 is 0.676 bits per heavy atom. The summed E-state index contributed by atoms with van der Waals surface area (Å²) in [4.78, 5) is 75.8. The Morgan fingerprint density at radius 3 is 1.56 bits per heavy atom. The van der Waals surface area contributed by atoms with Gasteiger partial charge in [0.1, 0.15) is 0 Å². The second-order valence-electron chi connectivity index (χ2n) is 8.45. The van der Waals surface area contributed by atoms with Crippen LogP contribution in [0.25, 0.3) is 0 Å². The lowest BCUT2D eigenvalue weighted by molar-refractivity contribution is -0.502. The summed E-state index contributed by atoms with van der Waals surface area (Å²) in [6.07, 6.45) is -7.83. The number of esters is 6. The summed E-state index contributed by atoms with van der Waals surface area (Å²) in [7, 11) is 0. The lowest BCUT2D eigenvalue weighted by Crippen LogP contribution is -2.77. The average Bonchev–Trinajstić information content (AvgIpc) is 2.74. The third-order valence-corrected chi connectivity index (χ3v) is 5.52. The van der Waals surface area contributed by atoms with Gasteiger partial charge in [-0.25, -0.2) is 9.59 Å². The largest absolute Gasteiger partial charge is 0.465 e. The van der Waals surface area contributed by atoms with Crippen molar-refractivity contribution >= 4 is 35.8 Å². The van der Waals surface area contributed by atoms with Crippen molar-refractivity contribution in [3.8, 4) is 0 Å². The van der Waals surface area contributed by atoms with Crippen LogP contribution in [-0.2, 0) is 57.2 Å². The molecular formula is C18H18O16. The molecule has 0 amide bonds. The van der Waals surface area contributed by atoms with Crippen LogP contribution in [0, 0.1) is 0 Å². The maximum Gasteiger partial charge on any atom is 0.465 e. The molecule has 34 heavy (non-hydrogen) atoms. The summed E-state index contributed by atoms with van der Waals surface area (Å²) >= 11 is 0. The van der Waals surface area contributed by atoms with Gasteiger partial charge in [0.15, 0.2) is 11.2 Å². The Bertz CT molecular complexity index is 1000. The molecule has 6 atom stereocenters. The van der Waals surface area contributed by atoms with E-state index in [9.17, 15) is 49.2 Å². The summed E-state index contributed by atoms with van der Waals surface area (Å²) in [6.45, 7) is 1.04. The van der Waals surface area contributed by atoms with Gasteiger partial charge in [-0.15, -0.1) is 0 Å². The first-order chi connectivity index (χ1) is 15.6. The zero-order valence-electron chi connectivity index (χ0n) is 17.3. The molecule has 4 bridgehead atoms. The number of ether oxygens (including phenoxy) is 6. The van der Waals surface area contributed by atoms with Crippen LogP contribution in [-0.4, -0.2) is 91.1 Å². The molecule has 0 aromatic heterocycles. The lowest BCUT2D eigenvalue weighted by atomic mass is 9.91. The third kappa shape index (κ3) is 3.29. The molecule has 16 nitrogen and oxygen atoms in total. The predicted molar refractivity (Wildman–Crippen MR) is 91.6 cm³/mol. The summed E-state index contributed by atoms with van der Waals surface area (Å²) in [5, 5.41) is 42.3. The quantitative estimate of drug-likeness (QED) is 0.214. The van der Waals surface area contributed by atoms with E-state index in [1.807, 2.05) is 0 Å². The van der Waals surface area contributed by atoms with Gasteiger partial charge >= 0.3 is 53.4 Å². The van der Waals surface area contributed by atoms with Crippen molar-refractivity contribution in [3.63, 3.8) is 0 Å². The molecule has 4 fully saturated rings. The minimum atomic E-state index is -4.02. The third-order valence-electron chi connectivity index (χ3n) is 5.52. The van der Waals surface area contributed by atoms with Gasteiger partial charge in [-0.3, -0.25) is 19.2 Å². The molecule has 4 heterocycles. The zero-order valence-corrected chi connectivity index (χ0v) is 17.3. The van der Waals surface area contributed by atoms with Gasteiger partial charge in [0, 0.05) is 0 Å². The Labute approximate surface area is 188 Å². The fourth-order valence-electron chi connectivity index (χ4n) is 4.10. The molecule has 0 saturated carbocycles. The number of hydrogen-bond acceptors (Lipinski definition) is 16. The van der Waals surface area contributed by atoms with E-state index >= 15 is 0 Å². The second-order valence-corrected chi connectivity index (χ2v) is 8.45. The van der Waals surface area contributed by atoms with Crippen LogP contribution in [0.2, 0.25) is 0 Å². The molecule has 0 radical (unpaired) electrons. The van der Waals surface area contributed by atoms with Gasteiger partial charge in [-0.05, 0) is 6.92 Å². The van der Waals surface area contributed by atoms with Gasteiger partial charge < -0.3 is 48.8 Å². The number of aliphatic hydroxyl groups excluding tert-OH is 1. The normalized spacial score (nSPS) is 43.0. The van der Waals surface area contributed by atoms with E-state index in [-0.39, 0.29) is 0 Å². The maximum absolute atomic E-state index is 12.8. The Morgan fingerprint density at radius 2 is 1.09 bits per heavy atom. The summed E-state index contributed by atoms with van der Waals surface area (Å²) in [6, 6.07) is 0. The van der Waals surface area contributed by atoms with E-state index in [2.05, 4.69) is 0 Å². The Balaban J connectivity index is 2.05. The van der Waals surface area contributed by atoms with Crippen molar-refractivity contribution in [2.75, 3.05) is 0 Å². The molecule has 1 spiro atoms. The number of aliphatic hydroxyl groups is 4. The Kier molecular flexibility index (Phi) is 4.96. The van der Waals surface area contributed by atoms with Crippen LogP contribution in [0.1, 0.15) is 39.0 Å². The molecule has 16 heteroatoms. The molecule has 0 aromatic rings. The van der Waals surface area contributed by atoms with Gasteiger partial charge in [0.05, 0.1) is 38.2 Å². The van der Waals surface area contributed by atoms with Gasteiger partial charge in [0.2, 0.25) is 0 Å².